The van der Waals surface area contributed by atoms with Gasteiger partial charge < -0.3 is 24.2 Å². The zero-order chi connectivity index (χ0) is 19.7. The van der Waals surface area contributed by atoms with Crippen LogP contribution in [0.1, 0.15) is 5.69 Å². The molecule has 0 aliphatic heterocycles. The molecule has 1 aliphatic rings. The van der Waals surface area contributed by atoms with Crippen LogP contribution in [0.2, 0.25) is 0 Å². The molecule has 1 aliphatic carbocycles. The average Bonchev–Trinajstić information content (AvgIpc) is 3.39. The molecule has 0 fully saturated rings. The van der Waals surface area contributed by atoms with Gasteiger partial charge in [-0.15, -0.1) is 0 Å². The molecule has 0 bridgehead atoms. The maximum atomic E-state index is 11.3. The summed E-state index contributed by atoms with van der Waals surface area (Å²) in [5.74, 6) is 1.15. The highest BCUT2D eigenvalue weighted by Gasteiger charge is 2.49. The Morgan fingerprint density at radius 1 is 1.21 bits per heavy atom. The molecule has 7 heteroatoms. The van der Waals surface area contributed by atoms with Crippen molar-refractivity contribution in [1.29, 1.82) is 0 Å². The van der Waals surface area contributed by atoms with Crippen molar-refractivity contribution in [3.63, 3.8) is 0 Å². The van der Waals surface area contributed by atoms with E-state index in [9.17, 15) is 4.79 Å². The normalized spacial score (nSPS) is 22.0. The van der Waals surface area contributed by atoms with Crippen molar-refractivity contribution in [2.45, 2.75) is 11.7 Å². The minimum Gasteiger partial charge on any atom is -0.497 e. The lowest BCUT2D eigenvalue weighted by Gasteiger charge is -2.39. The van der Waals surface area contributed by atoms with Crippen molar-refractivity contribution in [2.24, 2.45) is 0 Å². The Hall–Kier alpha value is -3.16. The van der Waals surface area contributed by atoms with Gasteiger partial charge in [0, 0.05) is 42.5 Å². The van der Waals surface area contributed by atoms with E-state index in [0.29, 0.717) is 22.9 Å². The molecule has 7 nitrogen and oxygen atoms in total. The second-order valence-corrected chi connectivity index (χ2v) is 6.49. The molecule has 0 spiro atoms. The van der Waals surface area contributed by atoms with Crippen LogP contribution in [-0.4, -0.2) is 48.7 Å². The lowest BCUT2D eigenvalue weighted by molar-refractivity contribution is -0.111. The Balaban J connectivity index is 1.84. The van der Waals surface area contributed by atoms with Gasteiger partial charge >= 0.3 is 0 Å². The molecule has 2 atom stereocenters. The summed E-state index contributed by atoms with van der Waals surface area (Å²) in [5, 5.41) is 1.06. The van der Waals surface area contributed by atoms with E-state index in [1.54, 1.807) is 32.6 Å². The molecule has 0 saturated carbocycles. The number of hydrogen-bond donors (Lipinski definition) is 2. The standard InChI is InChI=1S/C21H21N3O4/c1-26-18-8-13(12-25)9-19(27-2)21(18,28-3)17-11-23-20(24-17)15-10-22-16-7-5-4-6-14(15)16/h4-12,18,22H,1-3H3,(H,23,24). The van der Waals surface area contributed by atoms with Gasteiger partial charge in [0.1, 0.15) is 24.0 Å². The van der Waals surface area contributed by atoms with Crippen molar-refractivity contribution in [3.8, 4) is 11.4 Å². The number of methoxy groups -OCH3 is 3. The third kappa shape index (κ3) is 2.59. The quantitative estimate of drug-likeness (QED) is 0.643. The zero-order valence-corrected chi connectivity index (χ0v) is 15.9. The number of allylic oxidation sites excluding steroid dienone is 2. The van der Waals surface area contributed by atoms with Crippen LogP contribution < -0.4 is 0 Å². The van der Waals surface area contributed by atoms with Gasteiger partial charge in [-0.25, -0.2) is 4.98 Å². The van der Waals surface area contributed by atoms with Gasteiger partial charge in [-0.05, 0) is 18.2 Å². The fourth-order valence-electron chi connectivity index (χ4n) is 3.78. The molecule has 4 rings (SSSR count). The molecule has 0 saturated heterocycles. The van der Waals surface area contributed by atoms with Crippen molar-refractivity contribution in [2.75, 3.05) is 21.3 Å². The molecule has 3 aromatic rings. The number of benzene rings is 1. The Kier molecular flexibility index (Phi) is 4.62. The molecule has 28 heavy (non-hydrogen) atoms. The van der Waals surface area contributed by atoms with E-state index < -0.39 is 11.7 Å². The van der Waals surface area contributed by atoms with Crippen molar-refractivity contribution in [1.82, 2.24) is 15.0 Å². The van der Waals surface area contributed by atoms with E-state index >= 15 is 0 Å². The fraction of sp³-hybridized carbons (Fsp3) is 0.238. The van der Waals surface area contributed by atoms with Crippen LogP contribution in [0.15, 0.2) is 60.1 Å². The number of carbonyl (C=O) groups excluding carboxylic acids is 1. The smallest absolute Gasteiger partial charge is 0.195 e. The second-order valence-electron chi connectivity index (χ2n) is 6.49. The molecule has 2 N–H and O–H groups in total. The molecule has 0 radical (unpaired) electrons. The summed E-state index contributed by atoms with van der Waals surface area (Å²) in [6.45, 7) is 0. The number of aldehydes is 1. The Bertz CT molecular complexity index is 1080. The van der Waals surface area contributed by atoms with Gasteiger partial charge in [0.25, 0.3) is 0 Å². The predicted octanol–water partition coefficient (Wildman–Crippen LogP) is 3.08. The third-order valence-corrected chi connectivity index (χ3v) is 5.16. The van der Waals surface area contributed by atoms with Crippen molar-refractivity contribution >= 4 is 17.2 Å². The first-order valence-electron chi connectivity index (χ1n) is 8.81. The molecular formula is C21H21N3O4. The fourth-order valence-corrected chi connectivity index (χ4v) is 3.78. The lowest BCUT2D eigenvalue weighted by atomic mass is 9.84. The number of hydrogen-bond acceptors (Lipinski definition) is 5. The van der Waals surface area contributed by atoms with E-state index in [1.165, 1.54) is 7.11 Å². The van der Waals surface area contributed by atoms with Crippen LogP contribution >= 0.6 is 0 Å². The van der Waals surface area contributed by atoms with Crippen molar-refractivity contribution in [3.05, 3.63) is 65.8 Å². The summed E-state index contributed by atoms with van der Waals surface area (Å²) in [5.41, 5.74) is 2.02. The summed E-state index contributed by atoms with van der Waals surface area (Å²) < 4.78 is 17.2. The van der Waals surface area contributed by atoms with E-state index in [1.807, 2.05) is 30.5 Å². The van der Waals surface area contributed by atoms with Gasteiger partial charge in [0.15, 0.2) is 5.60 Å². The minimum absolute atomic E-state index is 0.459. The molecule has 144 valence electrons. The molecular weight excluding hydrogens is 358 g/mol. The molecule has 2 unspecified atom stereocenters. The Morgan fingerprint density at radius 3 is 2.75 bits per heavy atom. The molecule has 0 amide bonds. The highest BCUT2D eigenvalue weighted by molar-refractivity contribution is 5.93. The van der Waals surface area contributed by atoms with Crippen LogP contribution in [0.25, 0.3) is 22.3 Å². The predicted molar refractivity (Wildman–Crippen MR) is 105 cm³/mol. The monoisotopic (exact) mass is 379 g/mol. The Labute approximate surface area is 162 Å². The largest absolute Gasteiger partial charge is 0.497 e. The van der Waals surface area contributed by atoms with E-state index in [0.717, 1.165) is 22.8 Å². The summed E-state index contributed by atoms with van der Waals surface area (Å²) >= 11 is 0. The third-order valence-electron chi connectivity index (χ3n) is 5.16. The summed E-state index contributed by atoms with van der Waals surface area (Å²) in [7, 11) is 4.68. The van der Waals surface area contributed by atoms with Crippen molar-refractivity contribution < 1.29 is 19.0 Å². The first kappa shape index (κ1) is 18.2. The van der Waals surface area contributed by atoms with Gasteiger partial charge in [-0.3, -0.25) is 4.79 Å². The zero-order valence-electron chi connectivity index (χ0n) is 15.9. The molecule has 1 aromatic carbocycles. The van der Waals surface area contributed by atoms with Gasteiger partial charge in [0.2, 0.25) is 0 Å². The van der Waals surface area contributed by atoms with Crippen LogP contribution in [0.4, 0.5) is 0 Å². The molecule has 2 heterocycles. The number of H-pyrrole nitrogens is 2. The SMILES string of the molecule is COC1=CC(C=O)=CC(OC)C1(OC)c1cnc(-c2c[nH]c3ccccc23)[nH]1. The number of fused-ring (bicyclic) bond motifs is 1. The van der Waals surface area contributed by atoms with E-state index in [4.69, 9.17) is 14.2 Å². The number of aromatic amines is 2. The second kappa shape index (κ2) is 7.10. The number of carbonyl (C=O) groups is 1. The topological polar surface area (TPSA) is 89.2 Å². The first-order valence-corrected chi connectivity index (χ1v) is 8.81. The number of imidazole rings is 1. The molecule has 2 aromatic heterocycles. The van der Waals surface area contributed by atoms with Crippen LogP contribution in [0, 0.1) is 0 Å². The highest BCUT2D eigenvalue weighted by Crippen LogP contribution is 2.42. The number of nitrogens with one attached hydrogen (secondary N) is 2. The number of aromatic nitrogens is 3. The first-order chi connectivity index (χ1) is 13.7. The maximum Gasteiger partial charge on any atom is 0.195 e. The van der Waals surface area contributed by atoms with E-state index in [-0.39, 0.29) is 0 Å². The van der Waals surface area contributed by atoms with Gasteiger partial charge in [-0.2, -0.15) is 0 Å². The van der Waals surface area contributed by atoms with Crippen LogP contribution in [0.5, 0.6) is 0 Å². The Morgan fingerprint density at radius 2 is 2.04 bits per heavy atom. The lowest BCUT2D eigenvalue weighted by Crippen LogP contribution is -2.46. The minimum atomic E-state index is -1.09. The number of para-hydroxylation sites is 1. The highest BCUT2D eigenvalue weighted by atomic mass is 16.6. The van der Waals surface area contributed by atoms with Crippen LogP contribution in [-0.2, 0) is 24.6 Å². The number of rotatable bonds is 6. The summed E-state index contributed by atoms with van der Waals surface area (Å²) in [6, 6.07) is 8.01. The van der Waals surface area contributed by atoms with Crippen LogP contribution in [0.3, 0.4) is 0 Å². The summed E-state index contributed by atoms with van der Waals surface area (Å²) in [4.78, 5) is 22.5. The average molecular weight is 379 g/mol. The maximum absolute atomic E-state index is 11.3. The van der Waals surface area contributed by atoms with E-state index in [2.05, 4.69) is 15.0 Å². The summed E-state index contributed by atoms with van der Waals surface area (Å²) in [6.07, 6.45) is 7.17. The number of nitrogens with zero attached hydrogens (tertiary/aromatic N) is 1. The van der Waals surface area contributed by atoms with Gasteiger partial charge in [-0.1, -0.05) is 18.2 Å². The van der Waals surface area contributed by atoms with Gasteiger partial charge in [0.05, 0.1) is 19.0 Å². The number of ether oxygens (including phenoxy) is 3.